The Bertz CT molecular complexity index is 1020. The molecule has 0 unspecified atom stereocenters. The maximum absolute atomic E-state index is 12.9. The van der Waals surface area contributed by atoms with E-state index in [2.05, 4.69) is 9.97 Å². The van der Waals surface area contributed by atoms with Crippen molar-refractivity contribution < 1.29 is 9.53 Å². The van der Waals surface area contributed by atoms with Gasteiger partial charge in [-0.25, -0.2) is 0 Å². The van der Waals surface area contributed by atoms with Gasteiger partial charge in [-0.05, 0) is 24.3 Å². The highest BCUT2D eigenvalue weighted by Crippen LogP contribution is 2.22. The lowest BCUT2D eigenvalue weighted by molar-refractivity contribution is -0.0230. The summed E-state index contributed by atoms with van der Waals surface area (Å²) in [4.78, 5) is 34.4. The summed E-state index contributed by atoms with van der Waals surface area (Å²) in [6.45, 7) is 1.22. The smallest absolute Gasteiger partial charge is 0.259 e. The van der Waals surface area contributed by atoms with Crippen LogP contribution in [0, 0.1) is 0 Å². The van der Waals surface area contributed by atoms with E-state index < -0.39 is 0 Å². The summed E-state index contributed by atoms with van der Waals surface area (Å²) in [5.74, 6) is -0.305. The fraction of sp³-hybridized carbons (Fsp3) is 0.211. The number of nitrogens with one attached hydrogen (secondary N) is 1. The first-order valence-electron chi connectivity index (χ1n) is 8.25. The zero-order valence-corrected chi connectivity index (χ0v) is 14.6. The number of hydrogen-bond acceptors (Lipinski definition) is 4. The summed E-state index contributed by atoms with van der Waals surface area (Å²) in [6, 6.07) is 8.68. The van der Waals surface area contributed by atoms with Crippen LogP contribution in [0.25, 0.3) is 10.9 Å². The summed E-state index contributed by atoms with van der Waals surface area (Å²) in [5.41, 5.74) is 1.33. The number of carbonyl (C=O) groups is 1. The number of hydrogen-bond donors (Lipinski definition) is 1. The van der Waals surface area contributed by atoms with E-state index >= 15 is 0 Å². The van der Waals surface area contributed by atoms with Crippen LogP contribution >= 0.6 is 11.6 Å². The summed E-state index contributed by atoms with van der Waals surface area (Å²) < 4.78 is 5.76. The van der Waals surface area contributed by atoms with Gasteiger partial charge in [0.25, 0.3) is 5.91 Å². The number of aromatic nitrogens is 2. The van der Waals surface area contributed by atoms with E-state index in [-0.39, 0.29) is 23.0 Å². The number of ether oxygens (including phenoxy) is 1. The van der Waals surface area contributed by atoms with Crippen LogP contribution in [0.15, 0.2) is 53.7 Å². The summed E-state index contributed by atoms with van der Waals surface area (Å²) >= 11 is 5.95. The first kappa shape index (κ1) is 16.8. The average Bonchev–Trinajstić information content (AvgIpc) is 2.68. The van der Waals surface area contributed by atoms with Gasteiger partial charge in [0.05, 0.1) is 18.7 Å². The number of halogens is 1. The van der Waals surface area contributed by atoms with Gasteiger partial charge in [0.2, 0.25) is 5.43 Å². The number of carbonyl (C=O) groups excluding carboxylic acids is 1. The molecule has 1 aliphatic rings. The van der Waals surface area contributed by atoms with Gasteiger partial charge in [-0.3, -0.25) is 14.6 Å². The van der Waals surface area contributed by atoms with Crippen LogP contribution in [-0.2, 0) is 4.74 Å². The summed E-state index contributed by atoms with van der Waals surface area (Å²) in [7, 11) is 0. The van der Waals surface area contributed by atoms with Crippen LogP contribution in [0.4, 0.5) is 0 Å². The van der Waals surface area contributed by atoms with E-state index in [1.54, 1.807) is 35.5 Å². The van der Waals surface area contributed by atoms with Crippen LogP contribution in [0.5, 0.6) is 0 Å². The molecule has 1 amide bonds. The highest BCUT2D eigenvalue weighted by Gasteiger charge is 2.27. The van der Waals surface area contributed by atoms with Gasteiger partial charge in [0.1, 0.15) is 11.7 Å². The maximum atomic E-state index is 12.9. The molecule has 0 saturated carbocycles. The molecule has 1 aromatic carbocycles. The Kier molecular flexibility index (Phi) is 4.44. The molecule has 1 atom stereocenters. The molecule has 6 nitrogen and oxygen atoms in total. The predicted octanol–water partition coefficient (Wildman–Crippen LogP) is 2.79. The third-order valence-electron chi connectivity index (χ3n) is 4.48. The molecule has 0 radical (unpaired) electrons. The van der Waals surface area contributed by atoms with Crippen molar-refractivity contribution in [1.29, 1.82) is 0 Å². The predicted molar refractivity (Wildman–Crippen MR) is 98.4 cm³/mol. The third kappa shape index (κ3) is 3.09. The third-order valence-corrected chi connectivity index (χ3v) is 4.72. The first-order chi connectivity index (χ1) is 12.6. The van der Waals surface area contributed by atoms with Gasteiger partial charge in [0.15, 0.2) is 0 Å². The molecule has 2 aromatic heterocycles. The normalized spacial score (nSPS) is 17.4. The minimum Gasteiger partial charge on any atom is -0.370 e. The molecule has 7 heteroatoms. The number of nitrogens with zero attached hydrogens (tertiary/aromatic N) is 2. The molecule has 3 aromatic rings. The molecule has 26 heavy (non-hydrogen) atoms. The molecule has 1 fully saturated rings. The Morgan fingerprint density at radius 2 is 2.23 bits per heavy atom. The Balaban J connectivity index is 1.63. The molecule has 0 aliphatic carbocycles. The SMILES string of the molecule is O=C(c1c[nH]c2cc(Cl)ccc2c1=O)N1CCO[C@H](c2cccnc2)C1. The van der Waals surface area contributed by atoms with E-state index in [0.29, 0.717) is 35.6 Å². The molecule has 4 rings (SSSR count). The Morgan fingerprint density at radius 1 is 1.35 bits per heavy atom. The summed E-state index contributed by atoms with van der Waals surface area (Å²) in [6.07, 6.45) is 4.62. The van der Waals surface area contributed by atoms with Gasteiger partial charge >= 0.3 is 0 Å². The van der Waals surface area contributed by atoms with Crippen LogP contribution in [0.1, 0.15) is 22.0 Å². The molecule has 0 bridgehead atoms. The highest BCUT2D eigenvalue weighted by atomic mass is 35.5. The Morgan fingerprint density at radius 3 is 3.04 bits per heavy atom. The van der Waals surface area contributed by atoms with Crippen molar-refractivity contribution in [3.8, 4) is 0 Å². The zero-order valence-electron chi connectivity index (χ0n) is 13.8. The maximum Gasteiger partial charge on any atom is 0.259 e. The van der Waals surface area contributed by atoms with Crippen molar-refractivity contribution in [1.82, 2.24) is 14.9 Å². The Hall–Kier alpha value is -2.70. The largest absolute Gasteiger partial charge is 0.370 e. The number of H-pyrrole nitrogens is 1. The second-order valence-electron chi connectivity index (χ2n) is 6.12. The van der Waals surface area contributed by atoms with Crippen molar-refractivity contribution >= 4 is 28.4 Å². The number of benzene rings is 1. The standard InChI is InChI=1S/C19H16ClN3O3/c20-13-3-4-14-16(8-13)22-10-15(18(14)24)19(25)23-6-7-26-17(11-23)12-2-1-5-21-9-12/h1-5,8-10,17H,6-7,11H2,(H,22,24)/t17-/m0/s1. The molecule has 132 valence electrons. The van der Waals surface area contributed by atoms with Crippen LogP contribution < -0.4 is 5.43 Å². The minimum absolute atomic E-state index is 0.117. The van der Waals surface area contributed by atoms with Crippen LogP contribution in [0.3, 0.4) is 0 Å². The average molecular weight is 370 g/mol. The van der Waals surface area contributed by atoms with Gasteiger partial charge < -0.3 is 14.6 Å². The van der Waals surface area contributed by atoms with Gasteiger partial charge in [-0.1, -0.05) is 17.7 Å². The molecule has 0 spiro atoms. The molecule has 1 saturated heterocycles. The minimum atomic E-state index is -0.305. The number of pyridine rings is 2. The molecular formula is C19H16ClN3O3. The molecule has 1 aliphatic heterocycles. The van der Waals surface area contributed by atoms with Gasteiger partial charge in [-0.15, -0.1) is 0 Å². The van der Waals surface area contributed by atoms with Crippen molar-refractivity contribution in [2.45, 2.75) is 6.10 Å². The number of rotatable bonds is 2. The fourth-order valence-electron chi connectivity index (χ4n) is 3.13. The molecule has 1 N–H and O–H groups in total. The Labute approximate surface area is 154 Å². The van der Waals surface area contributed by atoms with Gasteiger partial charge in [-0.2, -0.15) is 0 Å². The number of amides is 1. The van der Waals surface area contributed by atoms with E-state index in [4.69, 9.17) is 16.3 Å². The van der Waals surface area contributed by atoms with Crippen molar-refractivity contribution in [3.63, 3.8) is 0 Å². The van der Waals surface area contributed by atoms with E-state index in [1.807, 2.05) is 12.1 Å². The first-order valence-corrected chi connectivity index (χ1v) is 8.63. The van der Waals surface area contributed by atoms with Crippen LogP contribution in [-0.4, -0.2) is 40.5 Å². The second kappa shape index (κ2) is 6.90. The number of fused-ring (bicyclic) bond motifs is 1. The van der Waals surface area contributed by atoms with Gasteiger partial charge in [0, 0.05) is 41.1 Å². The quantitative estimate of drug-likeness (QED) is 0.753. The molecule has 3 heterocycles. The van der Waals surface area contributed by atoms with E-state index in [1.165, 1.54) is 6.20 Å². The monoisotopic (exact) mass is 369 g/mol. The van der Waals surface area contributed by atoms with Crippen molar-refractivity contribution in [3.05, 3.63) is 75.3 Å². The lowest BCUT2D eigenvalue weighted by Gasteiger charge is -2.33. The van der Waals surface area contributed by atoms with Crippen LogP contribution in [0.2, 0.25) is 5.02 Å². The lowest BCUT2D eigenvalue weighted by atomic mass is 10.1. The second-order valence-corrected chi connectivity index (χ2v) is 6.55. The number of aromatic amines is 1. The topological polar surface area (TPSA) is 75.3 Å². The molecular weight excluding hydrogens is 354 g/mol. The lowest BCUT2D eigenvalue weighted by Crippen LogP contribution is -2.43. The fourth-order valence-corrected chi connectivity index (χ4v) is 3.30. The highest BCUT2D eigenvalue weighted by molar-refractivity contribution is 6.31. The van der Waals surface area contributed by atoms with E-state index in [9.17, 15) is 9.59 Å². The van der Waals surface area contributed by atoms with E-state index in [0.717, 1.165) is 5.56 Å². The number of morpholine rings is 1. The zero-order chi connectivity index (χ0) is 18.1. The summed E-state index contributed by atoms with van der Waals surface area (Å²) in [5, 5.41) is 0.969. The van der Waals surface area contributed by atoms with Crippen molar-refractivity contribution in [2.75, 3.05) is 19.7 Å². The van der Waals surface area contributed by atoms with Crippen molar-refractivity contribution in [2.24, 2.45) is 0 Å².